The fourth-order valence-electron chi connectivity index (χ4n) is 3.58. The van der Waals surface area contributed by atoms with Crippen molar-refractivity contribution in [1.29, 1.82) is 0 Å². The van der Waals surface area contributed by atoms with E-state index in [1.807, 2.05) is 35.9 Å². The van der Waals surface area contributed by atoms with E-state index < -0.39 is 0 Å². The summed E-state index contributed by atoms with van der Waals surface area (Å²) in [5.41, 5.74) is 3.29. The van der Waals surface area contributed by atoms with Crippen LogP contribution < -0.4 is 5.32 Å². The number of hydrogen-bond donors (Lipinski definition) is 1. The van der Waals surface area contributed by atoms with E-state index >= 15 is 0 Å². The fraction of sp³-hybridized carbons (Fsp3) is 0.500. The number of imidazole rings is 1. The van der Waals surface area contributed by atoms with E-state index in [-0.39, 0.29) is 11.8 Å². The van der Waals surface area contributed by atoms with E-state index in [1.165, 1.54) is 5.56 Å². The maximum absolute atomic E-state index is 12.9. The van der Waals surface area contributed by atoms with Gasteiger partial charge in [-0.25, -0.2) is 4.98 Å². The normalized spacial score (nSPS) is 13.1. The Morgan fingerprint density at radius 3 is 2.61 bits per heavy atom. The molecule has 150 valence electrons. The van der Waals surface area contributed by atoms with Gasteiger partial charge in [0.25, 0.3) is 11.8 Å². The van der Waals surface area contributed by atoms with Crippen molar-refractivity contribution in [1.82, 2.24) is 14.5 Å². The number of nitrogens with one attached hydrogen (secondary N) is 1. The molecule has 2 amide bonds. The van der Waals surface area contributed by atoms with Crippen LogP contribution in [0.5, 0.6) is 0 Å². The Morgan fingerprint density at radius 2 is 1.93 bits per heavy atom. The second-order valence-electron chi connectivity index (χ2n) is 7.42. The van der Waals surface area contributed by atoms with Gasteiger partial charge in [-0.1, -0.05) is 32.4 Å². The van der Waals surface area contributed by atoms with Gasteiger partial charge in [-0.15, -0.1) is 0 Å². The van der Waals surface area contributed by atoms with Crippen molar-refractivity contribution in [2.24, 2.45) is 0 Å². The first kappa shape index (κ1) is 20.1. The number of carbonyl (C=O) groups is 2. The first-order chi connectivity index (χ1) is 13.5. The van der Waals surface area contributed by atoms with Gasteiger partial charge in [0.05, 0.1) is 5.69 Å². The maximum Gasteiger partial charge on any atom is 0.291 e. The summed E-state index contributed by atoms with van der Waals surface area (Å²) < 4.78 is 1.93. The number of rotatable bonds is 7. The molecule has 3 rings (SSSR count). The van der Waals surface area contributed by atoms with Crippen molar-refractivity contribution in [2.75, 3.05) is 18.9 Å². The molecule has 1 aliphatic heterocycles. The van der Waals surface area contributed by atoms with E-state index in [2.05, 4.69) is 24.1 Å². The van der Waals surface area contributed by atoms with Crippen molar-refractivity contribution >= 4 is 17.5 Å². The topological polar surface area (TPSA) is 67.2 Å². The molecule has 0 saturated heterocycles. The Hall–Kier alpha value is -2.63. The molecule has 0 atom stereocenters. The van der Waals surface area contributed by atoms with E-state index in [0.717, 1.165) is 56.5 Å². The lowest BCUT2D eigenvalue weighted by atomic mass is 10.1. The standard InChI is InChI=1S/C22H30N4O2/c1-4-6-14-25(3)22(28)19-18-9-7-8-15-26(18)20(24-19)21(27)23-17-12-10-16(5-2)11-13-17/h10-13H,4-9,14-15H2,1-3H3,(H,23,27). The van der Waals surface area contributed by atoms with Gasteiger partial charge in [0, 0.05) is 25.8 Å². The average Bonchev–Trinajstić information content (AvgIpc) is 3.11. The highest BCUT2D eigenvalue weighted by atomic mass is 16.2. The first-order valence-corrected chi connectivity index (χ1v) is 10.3. The van der Waals surface area contributed by atoms with Crippen molar-refractivity contribution in [3.8, 4) is 0 Å². The molecule has 28 heavy (non-hydrogen) atoms. The Labute approximate surface area is 166 Å². The molecule has 0 spiro atoms. The number of unbranched alkanes of at least 4 members (excludes halogenated alkanes) is 1. The predicted molar refractivity (Wildman–Crippen MR) is 111 cm³/mol. The van der Waals surface area contributed by atoms with Gasteiger partial charge in [-0.3, -0.25) is 9.59 Å². The van der Waals surface area contributed by atoms with Crippen LogP contribution in [0.3, 0.4) is 0 Å². The zero-order chi connectivity index (χ0) is 20.1. The minimum atomic E-state index is -0.261. The van der Waals surface area contributed by atoms with Gasteiger partial charge in [-0.2, -0.15) is 0 Å². The van der Waals surface area contributed by atoms with E-state index in [1.54, 1.807) is 4.90 Å². The van der Waals surface area contributed by atoms with E-state index in [4.69, 9.17) is 0 Å². The highest BCUT2D eigenvalue weighted by Gasteiger charge is 2.28. The Kier molecular flexibility index (Phi) is 6.49. The van der Waals surface area contributed by atoms with Crippen molar-refractivity contribution < 1.29 is 9.59 Å². The smallest absolute Gasteiger partial charge is 0.291 e. The van der Waals surface area contributed by atoms with Crippen LogP contribution in [0, 0.1) is 0 Å². The molecule has 1 N–H and O–H groups in total. The van der Waals surface area contributed by atoms with Crippen LogP contribution >= 0.6 is 0 Å². The molecule has 6 heteroatoms. The van der Waals surface area contributed by atoms with Crippen LogP contribution in [-0.2, 0) is 19.4 Å². The lowest BCUT2D eigenvalue weighted by Gasteiger charge is -2.19. The van der Waals surface area contributed by atoms with Crippen molar-refractivity contribution in [2.45, 2.75) is 58.9 Å². The number of aromatic nitrogens is 2. The average molecular weight is 383 g/mol. The quantitative estimate of drug-likeness (QED) is 0.789. The first-order valence-electron chi connectivity index (χ1n) is 10.3. The van der Waals surface area contributed by atoms with Crippen molar-refractivity contribution in [3.63, 3.8) is 0 Å². The van der Waals surface area contributed by atoms with Crippen LogP contribution in [-0.4, -0.2) is 39.9 Å². The SMILES string of the molecule is CCCCN(C)C(=O)c1nc(C(=O)Nc2ccc(CC)cc2)n2c1CCCC2. The van der Waals surface area contributed by atoms with E-state index in [0.29, 0.717) is 18.1 Å². The summed E-state index contributed by atoms with van der Waals surface area (Å²) in [5, 5.41) is 2.93. The van der Waals surface area contributed by atoms with Crippen LogP contribution in [0.2, 0.25) is 0 Å². The second kappa shape index (κ2) is 9.04. The third kappa shape index (κ3) is 4.26. The molecule has 0 saturated carbocycles. The van der Waals surface area contributed by atoms with Crippen molar-refractivity contribution in [3.05, 3.63) is 47.0 Å². The number of benzene rings is 1. The molecule has 1 aliphatic rings. The molecule has 0 fully saturated rings. The number of aryl methyl sites for hydroxylation is 1. The van der Waals surface area contributed by atoms with Crippen LogP contribution in [0.4, 0.5) is 5.69 Å². The molecule has 6 nitrogen and oxygen atoms in total. The molecular formula is C22H30N4O2. The second-order valence-corrected chi connectivity index (χ2v) is 7.42. The van der Waals surface area contributed by atoms with Gasteiger partial charge in [0.15, 0.2) is 5.82 Å². The molecule has 2 aromatic rings. The largest absolute Gasteiger partial charge is 0.340 e. The zero-order valence-corrected chi connectivity index (χ0v) is 17.1. The highest BCUT2D eigenvalue weighted by Crippen LogP contribution is 2.23. The monoisotopic (exact) mass is 382 g/mol. The van der Waals surface area contributed by atoms with Crippen LogP contribution in [0.1, 0.15) is 71.9 Å². The lowest BCUT2D eigenvalue weighted by Crippen LogP contribution is -2.29. The number of nitrogens with zero attached hydrogens (tertiary/aromatic N) is 3. The third-order valence-electron chi connectivity index (χ3n) is 5.34. The molecule has 1 aromatic heterocycles. The number of amides is 2. The molecule has 0 aliphatic carbocycles. The molecule has 0 bridgehead atoms. The Balaban J connectivity index is 1.85. The van der Waals surface area contributed by atoms with Crippen LogP contribution in [0.15, 0.2) is 24.3 Å². The predicted octanol–water partition coefficient (Wildman–Crippen LogP) is 3.91. The van der Waals surface area contributed by atoms with E-state index in [9.17, 15) is 9.59 Å². The minimum Gasteiger partial charge on any atom is -0.340 e. The van der Waals surface area contributed by atoms with Gasteiger partial charge in [0.2, 0.25) is 0 Å². The Bertz CT molecular complexity index is 839. The van der Waals surface area contributed by atoms with Gasteiger partial charge in [0.1, 0.15) is 5.69 Å². The van der Waals surface area contributed by atoms with Gasteiger partial charge < -0.3 is 14.8 Å². The number of anilines is 1. The molecule has 1 aromatic carbocycles. The third-order valence-corrected chi connectivity index (χ3v) is 5.34. The molecule has 2 heterocycles. The fourth-order valence-corrected chi connectivity index (χ4v) is 3.58. The lowest BCUT2D eigenvalue weighted by molar-refractivity contribution is 0.0786. The molecule has 0 unspecified atom stereocenters. The number of hydrogen-bond acceptors (Lipinski definition) is 3. The van der Waals surface area contributed by atoms with Gasteiger partial charge in [-0.05, 0) is 49.8 Å². The molecular weight excluding hydrogens is 352 g/mol. The summed E-state index contributed by atoms with van der Waals surface area (Å²) in [6.07, 6.45) is 5.74. The minimum absolute atomic E-state index is 0.0922. The summed E-state index contributed by atoms with van der Waals surface area (Å²) in [7, 11) is 1.81. The summed E-state index contributed by atoms with van der Waals surface area (Å²) in [6, 6.07) is 7.82. The van der Waals surface area contributed by atoms with Gasteiger partial charge >= 0.3 is 0 Å². The zero-order valence-electron chi connectivity index (χ0n) is 17.1. The Morgan fingerprint density at radius 1 is 1.18 bits per heavy atom. The number of fused-ring (bicyclic) bond motifs is 1. The summed E-state index contributed by atoms with van der Waals surface area (Å²) in [6.45, 7) is 5.63. The number of carbonyl (C=O) groups excluding carboxylic acids is 2. The molecule has 0 radical (unpaired) electrons. The summed E-state index contributed by atoms with van der Waals surface area (Å²) in [5.74, 6) is -0.0189. The summed E-state index contributed by atoms with van der Waals surface area (Å²) >= 11 is 0. The maximum atomic E-state index is 12.9. The van der Waals surface area contributed by atoms with Crippen LogP contribution in [0.25, 0.3) is 0 Å². The summed E-state index contributed by atoms with van der Waals surface area (Å²) in [4.78, 5) is 32.0. The highest BCUT2D eigenvalue weighted by molar-refractivity contribution is 6.03.